The Morgan fingerprint density at radius 3 is 2.57 bits per heavy atom. The number of benzene rings is 2. The third kappa shape index (κ3) is 6.70. The number of aryl methyl sites for hydroxylation is 1. The highest BCUT2D eigenvalue weighted by Gasteiger charge is 2.26. The van der Waals surface area contributed by atoms with Gasteiger partial charge in [0.25, 0.3) is 5.91 Å². The summed E-state index contributed by atoms with van der Waals surface area (Å²) in [6.07, 6.45) is 0.700. The SMILES string of the molecule is Cc1cc(C#CCCN(C)C2CN(C)C2)cc(C(=O)NC(c2ccc(F)cc2)c2cc(F)ccc2O)n1. The van der Waals surface area contributed by atoms with Crippen molar-refractivity contribution in [2.45, 2.75) is 25.4 Å². The third-order valence-electron chi connectivity index (χ3n) is 6.46. The van der Waals surface area contributed by atoms with Crippen molar-refractivity contribution in [3.63, 3.8) is 0 Å². The Bertz CT molecular complexity index is 1330. The van der Waals surface area contributed by atoms with Crippen molar-refractivity contribution in [2.24, 2.45) is 0 Å². The van der Waals surface area contributed by atoms with Crippen LogP contribution in [-0.4, -0.2) is 65.6 Å². The molecule has 2 aromatic carbocycles. The summed E-state index contributed by atoms with van der Waals surface area (Å²) in [5.74, 6) is 4.55. The Kier molecular flexibility index (Phi) is 8.17. The van der Waals surface area contributed by atoms with Gasteiger partial charge in [0, 0.05) is 48.9 Å². The van der Waals surface area contributed by atoms with E-state index in [2.05, 4.69) is 46.0 Å². The van der Waals surface area contributed by atoms with Gasteiger partial charge in [-0.15, -0.1) is 0 Å². The number of carbonyl (C=O) groups is 1. The van der Waals surface area contributed by atoms with Crippen molar-refractivity contribution in [3.05, 3.63) is 94.3 Å². The van der Waals surface area contributed by atoms with E-state index in [1.165, 1.54) is 30.3 Å². The maximum atomic E-state index is 14.0. The quantitative estimate of drug-likeness (QED) is 0.478. The molecule has 1 aromatic heterocycles. The maximum Gasteiger partial charge on any atom is 0.270 e. The van der Waals surface area contributed by atoms with Gasteiger partial charge in [-0.1, -0.05) is 24.0 Å². The number of likely N-dealkylation sites (N-methyl/N-ethyl adjacent to an activating group) is 2. The molecule has 3 aromatic rings. The number of phenols is 1. The summed E-state index contributed by atoms with van der Waals surface area (Å²) in [6.45, 7) is 4.77. The van der Waals surface area contributed by atoms with Crippen molar-refractivity contribution in [3.8, 4) is 17.6 Å². The van der Waals surface area contributed by atoms with Gasteiger partial charge >= 0.3 is 0 Å². The van der Waals surface area contributed by atoms with E-state index in [-0.39, 0.29) is 17.0 Å². The van der Waals surface area contributed by atoms with E-state index < -0.39 is 23.6 Å². The molecule has 4 rings (SSSR count). The molecule has 0 aliphatic carbocycles. The molecule has 1 aliphatic heterocycles. The van der Waals surface area contributed by atoms with E-state index in [4.69, 9.17) is 0 Å². The zero-order chi connectivity index (χ0) is 26.5. The van der Waals surface area contributed by atoms with Gasteiger partial charge in [0.05, 0.1) is 6.04 Å². The Balaban J connectivity index is 1.52. The monoisotopic (exact) mass is 504 g/mol. The first-order valence-electron chi connectivity index (χ1n) is 12.1. The number of aromatic hydroxyl groups is 1. The molecule has 8 heteroatoms. The lowest BCUT2D eigenvalue weighted by Crippen LogP contribution is -2.56. The Morgan fingerprint density at radius 2 is 1.86 bits per heavy atom. The fourth-order valence-electron chi connectivity index (χ4n) is 4.34. The Morgan fingerprint density at radius 1 is 1.16 bits per heavy atom. The molecule has 0 saturated carbocycles. The van der Waals surface area contributed by atoms with Crippen LogP contribution in [0.15, 0.2) is 54.6 Å². The number of pyridine rings is 1. The highest BCUT2D eigenvalue weighted by molar-refractivity contribution is 5.93. The first-order valence-corrected chi connectivity index (χ1v) is 12.1. The van der Waals surface area contributed by atoms with Gasteiger partial charge in [0.15, 0.2) is 0 Å². The Labute approximate surface area is 215 Å². The van der Waals surface area contributed by atoms with Gasteiger partial charge in [0.2, 0.25) is 0 Å². The number of nitrogens with zero attached hydrogens (tertiary/aromatic N) is 3. The number of carbonyl (C=O) groups excluding carboxylic acids is 1. The molecule has 2 N–H and O–H groups in total. The van der Waals surface area contributed by atoms with Gasteiger partial charge < -0.3 is 15.3 Å². The predicted molar refractivity (Wildman–Crippen MR) is 138 cm³/mol. The largest absolute Gasteiger partial charge is 0.508 e. The summed E-state index contributed by atoms with van der Waals surface area (Å²) in [5.41, 5.74) is 2.05. The van der Waals surface area contributed by atoms with Crippen LogP contribution in [0, 0.1) is 30.4 Å². The van der Waals surface area contributed by atoms with Crippen LogP contribution in [0.3, 0.4) is 0 Å². The molecule has 6 nitrogen and oxygen atoms in total. The maximum absolute atomic E-state index is 14.0. The molecular weight excluding hydrogens is 474 g/mol. The fourth-order valence-corrected chi connectivity index (χ4v) is 4.34. The van der Waals surface area contributed by atoms with E-state index in [1.807, 2.05) is 6.07 Å². The molecule has 1 unspecified atom stereocenters. The van der Waals surface area contributed by atoms with E-state index in [9.17, 15) is 18.7 Å². The average molecular weight is 505 g/mol. The molecule has 37 heavy (non-hydrogen) atoms. The van der Waals surface area contributed by atoms with Crippen LogP contribution in [0.2, 0.25) is 0 Å². The van der Waals surface area contributed by atoms with Crippen LogP contribution < -0.4 is 5.32 Å². The van der Waals surface area contributed by atoms with Crippen molar-refractivity contribution >= 4 is 5.91 Å². The standard InChI is InChI=1S/C29H30F2N4O2/c1-19-14-20(6-4-5-13-35(3)24-17-34(2)18-24)15-26(32-19)29(37)33-28(21-7-9-22(30)10-8-21)25-16-23(31)11-12-27(25)36/h7-12,14-16,24,28,36H,5,13,17-18H2,1-3H3,(H,33,37). The second-order valence-electron chi connectivity index (χ2n) is 9.45. The number of phenolic OH excluding ortho intramolecular Hbond substituents is 1. The van der Waals surface area contributed by atoms with Gasteiger partial charge in [-0.2, -0.15) is 0 Å². The molecule has 0 bridgehead atoms. The van der Waals surface area contributed by atoms with E-state index in [1.54, 1.807) is 13.0 Å². The average Bonchev–Trinajstić information content (AvgIpc) is 2.85. The lowest BCUT2D eigenvalue weighted by Gasteiger charge is -2.41. The second-order valence-corrected chi connectivity index (χ2v) is 9.45. The fraction of sp³-hybridized carbons (Fsp3) is 0.310. The number of amides is 1. The predicted octanol–water partition coefficient (Wildman–Crippen LogP) is 3.88. The third-order valence-corrected chi connectivity index (χ3v) is 6.46. The zero-order valence-electron chi connectivity index (χ0n) is 21.1. The Hall–Kier alpha value is -3.80. The van der Waals surface area contributed by atoms with Crippen LogP contribution >= 0.6 is 0 Å². The summed E-state index contributed by atoms with van der Waals surface area (Å²) < 4.78 is 27.6. The van der Waals surface area contributed by atoms with E-state index in [0.29, 0.717) is 29.3 Å². The summed E-state index contributed by atoms with van der Waals surface area (Å²) in [4.78, 5) is 22.2. The minimum Gasteiger partial charge on any atom is -0.508 e. The molecule has 0 radical (unpaired) electrons. The highest BCUT2D eigenvalue weighted by atomic mass is 19.1. The smallest absolute Gasteiger partial charge is 0.270 e. The number of hydrogen-bond donors (Lipinski definition) is 2. The second kappa shape index (κ2) is 11.5. The van der Waals surface area contributed by atoms with Crippen molar-refractivity contribution in [1.29, 1.82) is 0 Å². The summed E-state index contributed by atoms with van der Waals surface area (Å²) in [6, 6.07) is 12.0. The number of likely N-dealkylation sites (tertiary alicyclic amines) is 1. The minimum absolute atomic E-state index is 0.141. The number of nitrogens with one attached hydrogen (secondary N) is 1. The minimum atomic E-state index is -0.929. The number of rotatable bonds is 7. The molecular formula is C29H30F2N4O2. The molecule has 1 saturated heterocycles. The van der Waals surface area contributed by atoms with E-state index in [0.717, 1.165) is 31.8 Å². The van der Waals surface area contributed by atoms with Crippen LogP contribution in [0.1, 0.15) is 45.3 Å². The van der Waals surface area contributed by atoms with Crippen LogP contribution in [0.5, 0.6) is 5.75 Å². The van der Waals surface area contributed by atoms with Gasteiger partial charge in [0.1, 0.15) is 23.1 Å². The molecule has 1 atom stereocenters. The highest BCUT2D eigenvalue weighted by Crippen LogP contribution is 2.30. The first-order chi connectivity index (χ1) is 17.7. The van der Waals surface area contributed by atoms with Gasteiger partial charge in [-0.25, -0.2) is 13.8 Å². The summed E-state index contributed by atoms with van der Waals surface area (Å²) in [7, 11) is 4.21. The molecule has 1 fully saturated rings. The normalized spacial score (nSPS) is 14.5. The van der Waals surface area contributed by atoms with Gasteiger partial charge in [-0.05, 0) is 69.0 Å². The number of halogens is 2. The lowest BCUT2D eigenvalue weighted by molar-refractivity contribution is 0.0722. The van der Waals surface area contributed by atoms with Crippen LogP contribution in [0.4, 0.5) is 8.78 Å². The number of aromatic nitrogens is 1. The number of hydrogen-bond acceptors (Lipinski definition) is 5. The molecule has 0 spiro atoms. The summed E-state index contributed by atoms with van der Waals surface area (Å²) >= 11 is 0. The molecule has 1 amide bonds. The van der Waals surface area contributed by atoms with Crippen LogP contribution in [0.25, 0.3) is 0 Å². The first kappa shape index (κ1) is 26.3. The molecule has 1 aliphatic rings. The van der Waals surface area contributed by atoms with Crippen molar-refractivity contribution in [1.82, 2.24) is 20.1 Å². The molecule has 2 heterocycles. The van der Waals surface area contributed by atoms with Gasteiger partial charge in [-0.3, -0.25) is 9.69 Å². The zero-order valence-corrected chi connectivity index (χ0v) is 21.1. The van der Waals surface area contributed by atoms with Crippen molar-refractivity contribution < 1.29 is 18.7 Å². The van der Waals surface area contributed by atoms with Crippen molar-refractivity contribution in [2.75, 3.05) is 33.7 Å². The van der Waals surface area contributed by atoms with Crippen LogP contribution in [-0.2, 0) is 0 Å². The summed E-state index contributed by atoms with van der Waals surface area (Å²) in [5, 5.41) is 13.2. The van der Waals surface area contributed by atoms with E-state index >= 15 is 0 Å². The lowest BCUT2D eigenvalue weighted by atomic mass is 9.97. The topological polar surface area (TPSA) is 68.7 Å². The molecule has 192 valence electrons.